The molecule has 0 aliphatic carbocycles. The van der Waals surface area contributed by atoms with Crippen LogP contribution < -0.4 is 0 Å². The molecular formula is C14H28OS. The van der Waals surface area contributed by atoms with Gasteiger partial charge in [0.1, 0.15) is 0 Å². The van der Waals surface area contributed by atoms with Gasteiger partial charge in [-0.25, -0.2) is 0 Å². The molecule has 96 valence electrons. The van der Waals surface area contributed by atoms with E-state index in [9.17, 15) is 4.79 Å². The van der Waals surface area contributed by atoms with Gasteiger partial charge < -0.3 is 0 Å². The quantitative estimate of drug-likeness (QED) is 0.400. The number of hydrogen-bond acceptors (Lipinski definition) is 1. The van der Waals surface area contributed by atoms with E-state index in [-0.39, 0.29) is 11.0 Å². The lowest BCUT2D eigenvalue weighted by Gasteiger charge is -2.12. The first-order valence-corrected chi connectivity index (χ1v) is 7.39. The fraction of sp³-hybridized carbons (Fsp3) is 0.929. The molecule has 0 rings (SSSR count). The van der Waals surface area contributed by atoms with E-state index in [2.05, 4.69) is 26.5 Å². The average molecular weight is 244 g/mol. The number of hydrogen-bond donors (Lipinski definition) is 1. The third-order valence-corrected chi connectivity index (χ3v) is 3.53. The van der Waals surface area contributed by atoms with Crippen LogP contribution in [0.3, 0.4) is 0 Å². The van der Waals surface area contributed by atoms with Crippen LogP contribution in [0.1, 0.15) is 78.1 Å². The summed E-state index contributed by atoms with van der Waals surface area (Å²) in [5.74, 6) is 0.219. The van der Waals surface area contributed by atoms with Gasteiger partial charge in [-0.2, -0.15) is 0 Å². The van der Waals surface area contributed by atoms with Crippen molar-refractivity contribution in [1.82, 2.24) is 0 Å². The second kappa shape index (κ2) is 11.5. The summed E-state index contributed by atoms with van der Waals surface area (Å²) in [6, 6.07) is 0. The van der Waals surface area contributed by atoms with Gasteiger partial charge in [0.15, 0.2) is 5.12 Å². The van der Waals surface area contributed by atoms with Gasteiger partial charge in [-0.05, 0) is 12.8 Å². The van der Waals surface area contributed by atoms with Gasteiger partial charge in [0.2, 0.25) is 0 Å². The van der Waals surface area contributed by atoms with E-state index in [1.54, 1.807) is 0 Å². The van der Waals surface area contributed by atoms with Gasteiger partial charge in [0.25, 0.3) is 0 Å². The predicted molar refractivity (Wildman–Crippen MR) is 75.0 cm³/mol. The van der Waals surface area contributed by atoms with Crippen LogP contribution in [0.15, 0.2) is 0 Å². The zero-order valence-corrected chi connectivity index (χ0v) is 11.9. The maximum Gasteiger partial charge on any atom is 0.188 e. The van der Waals surface area contributed by atoms with E-state index in [0.717, 1.165) is 12.8 Å². The van der Waals surface area contributed by atoms with Crippen molar-refractivity contribution in [3.8, 4) is 0 Å². The minimum atomic E-state index is 0.105. The Balaban J connectivity index is 3.59. The highest BCUT2D eigenvalue weighted by molar-refractivity contribution is 7.96. The number of unbranched alkanes of at least 4 members (excludes halogenated alkanes) is 6. The van der Waals surface area contributed by atoms with Gasteiger partial charge in [-0.3, -0.25) is 4.79 Å². The molecule has 0 aromatic carbocycles. The minimum absolute atomic E-state index is 0.105. The normalized spacial score (nSPS) is 11.0. The summed E-state index contributed by atoms with van der Waals surface area (Å²) >= 11 is 4.00. The first-order valence-electron chi connectivity index (χ1n) is 6.95. The molecule has 0 N–H and O–H groups in total. The van der Waals surface area contributed by atoms with E-state index in [1.165, 1.54) is 51.4 Å². The second-order valence-electron chi connectivity index (χ2n) is 4.73. The Kier molecular flexibility index (Phi) is 11.5. The van der Waals surface area contributed by atoms with Crippen molar-refractivity contribution in [3.05, 3.63) is 0 Å². The van der Waals surface area contributed by atoms with Crippen LogP contribution in [0, 0.1) is 5.92 Å². The molecule has 0 aromatic rings. The van der Waals surface area contributed by atoms with Crippen LogP contribution in [-0.4, -0.2) is 5.12 Å². The van der Waals surface area contributed by atoms with E-state index in [0.29, 0.717) is 0 Å². The van der Waals surface area contributed by atoms with Crippen LogP contribution in [0.25, 0.3) is 0 Å². The first kappa shape index (κ1) is 16.0. The lowest BCUT2D eigenvalue weighted by molar-refractivity contribution is -0.114. The third kappa shape index (κ3) is 9.26. The van der Waals surface area contributed by atoms with E-state index < -0.39 is 0 Å². The van der Waals surface area contributed by atoms with Crippen LogP contribution in [-0.2, 0) is 4.79 Å². The molecule has 0 bridgehead atoms. The molecule has 0 saturated carbocycles. The molecule has 0 atom stereocenters. The Hall–Kier alpha value is 0.0200. The van der Waals surface area contributed by atoms with Crippen molar-refractivity contribution in [2.24, 2.45) is 5.92 Å². The van der Waals surface area contributed by atoms with Crippen LogP contribution in [0.5, 0.6) is 0 Å². The Morgan fingerprint density at radius 3 is 1.62 bits per heavy atom. The van der Waals surface area contributed by atoms with Crippen molar-refractivity contribution >= 4 is 17.7 Å². The number of carbonyl (C=O) groups is 1. The van der Waals surface area contributed by atoms with Crippen molar-refractivity contribution in [2.75, 3.05) is 0 Å². The van der Waals surface area contributed by atoms with Gasteiger partial charge >= 0.3 is 0 Å². The summed E-state index contributed by atoms with van der Waals surface area (Å²) in [7, 11) is 0. The molecule has 0 aromatic heterocycles. The summed E-state index contributed by atoms with van der Waals surface area (Å²) in [4.78, 5) is 11.3. The third-order valence-electron chi connectivity index (χ3n) is 3.16. The topological polar surface area (TPSA) is 17.1 Å². The van der Waals surface area contributed by atoms with E-state index >= 15 is 0 Å². The maximum absolute atomic E-state index is 11.3. The number of thiol groups is 1. The Bertz CT molecular complexity index is 156. The minimum Gasteiger partial charge on any atom is -0.287 e. The fourth-order valence-electron chi connectivity index (χ4n) is 2.03. The summed E-state index contributed by atoms with van der Waals surface area (Å²) < 4.78 is 0. The summed E-state index contributed by atoms with van der Waals surface area (Å²) in [5.41, 5.74) is 0. The van der Waals surface area contributed by atoms with Crippen molar-refractivity contribution in [1.29, 1.82) is 0 Å². The van der Waals surface area contributed by atoms with E-state index in [4.69, 9.17) is 0 Å². The fourth-order valence-corrected chi connectivity index (χ4v) is 2.28. The van der Waals surface area contributed by atoms with Gasteiger partial charge in [0, 0.05) is 5.92 Å². The summed E-state index contributed by atoms with van der Waals surface area (Å²) in [5, 5.41) is 0.105. The molecule has 0 saturated heterocycles. The standard InChI is InChI=1S/C14H28OS/c1-3-5-7-9-11-13(14(15)16)12-10-8-6-4-2/h13H,3-12H2,1-2H3,(H,15,16). The molecule has 0 spiro atoms. The SMILES string of the molecule is CCCCCCC(CCCCCC)C(=O)S. The van der Waals surface area contributed by atoms with Crippen molar-refractivity contribution < 1.29 is 4.79 Å². The lowest BCUT2D eigenvalue weighted by atomic mass is 9.95. The molecule has 16 heavy (non-hydrogen) atoms. The van der Waals surface area contributed by atoms with Crippen LogP contribution in [0.2, 0.25) is 0 Å². The molecule has 0 aliphatic heterocycles. The summed E-state index contributed by atoms with van der Waals surface area (Å²) in [6.07, 6.45) is 12.1. The summed E-state index contributed by atoms with van der Waals surface area (Å²) in [6.45, 7) is 4.43. The second-order valence-corrected chi connectivity index (χ2v) is 5.17. The van der Waals surface area contributed by atoms with Crippen molar-refractivity contribution in [2.45, 2.75) is 78.1 Å². The molecule has 2 heteroatoms. The highest BCUT2D eigenvalue weighted by Gasteiger charge is 2.13. The van der Waals surface area contributed by atoms with Gasteiger partial charge in [0.05, 0.1) is 0 Å². The number of carbonyl (C=O) groups excluding carboxylic acids is 1. The molecule has 0 heterocycles. The Morgan fingerprint density at radius 2 is 1.31 bits per heavy atom. The molecule has 1 nitrogen and oxygen atoms in total. The molecule has 0 radical (unpaired) electrons. The largest absolute Gasteiger partial charge is 0.287 e. The zero-order chi connectivity index (χ0) is 12.2. The first-order chi connectivity index (χ1) is 7.72. The smallest absolute Gasteiger partial charge is 0.188 e. The molecule has 0 aliphatic rings. The Morgan fingerprint density at radius 1 is 0.875 bits per heavy atom. The highest BCUT2D eigenvalue weighted by Crippen LogP contribution is 2.20. The average Bonchev–Trinajstić information content (AvgIpc) is 2.26. The molecule has 0 unspecified atom stereocenters. The zero-order valence-electron chi connectivity index (χ0n) is 11.0. The predicted octanol–water partition coefficient (Wildman–Crippen LogP) is 5.00. The van der Waals surface area contributed by atoms with E-state index in [1.807, 2.05) is 0 Å². The monoisotopic (exact) mass is 244 g/mol. The van der Waals surface area contributed by atoms with Crippen LogP contribution >= 0.6 is 12.6 Å². The Labute approximate surface area is 107 Å². The van der Waals surface area contributed by atoms with Crippen molar-refractivity contribution in [3.63, 3.8) is 0 Å². The maximum atomic E-state index is 11.3. The van der Waals surface area contributed by atoms with Gasteiger partial charge in [-0.15, -0.1) is 12.6 Å². The molecular weight excluding hydrogens is 216 g/mol. The highest BCUT2D eigenvalue weighted by atomic mass is 32.1. The lowest BCUT2D eigenvalue weighted by Crippen LogP contribution is -2.08. The van der Waals surface area contributed by atoms with Gasteiger partial charge in [-0.1, -0.05) is 65.2 Å². The van der Waals surface area contributed by atoms with Crippen LogP contribution in [0.4, 0.5) is 0 Å². The molecule has 0 amide bonds. The molecule has 0 fully saturated rings. The number of rotatable bonds is 11.